The van der Waals surface area contributed by atoms with E-state index in [1.54, 1.807) is 12.1 Å². The third kappa shape index (κ3) is 1.88. The molecule has 5 nitrogen and oxygen atoms in total. The molecule has 0 fully saturated rings. The van der Waals surface area contributed by atoms with Crippen LogP contribution < -0.4 is 5.32 Å². The van der Waals surface area contributed by atoms with Gasteiger partial charge in [0.25, 0.3) is 11.8 Å². The van der Waals surface area contributed by atoms with Gasteiger partial charge in [-0.2, -0.15) is 0 Å². The summed E-state index contributed by atoms with van der Waals surface area (Å²) in [7, 11) is 0. The second-order valence-corrected chi connectivity index (χ2v) is 4.63. The van der Waals surface area contributed by atoms with Crippen LogP contribution in [0.3, 0.4) is 0 Å². The molecule has 2 amide bonds. The minimum Gasteiger partial charge on any atom is -0.381 e. The van der Waals surface area contributed by atoms with Gasteiger partial charge in [0.15, 0.2) is 0 Å². The lowest BCUT2D eigenvalue weighted by atomic mass is 9.94. The molecule has 0 bridgehead atoms. The Morgan fingerprint density at radius 2 is 1.60 bits per heavy atom. The molecular formula is C15H14N2O3. The predicted octanol–water partition coefficient (Wildman–Crippen LogP) is 0.975. The van der Waals surface area contributed by atoms with Crippen LogP contribution >= 0.6 is 0 Å². The number of nitrogens with zero attached hydrogens (tertiary/aromatic N) is 1. The number of hydrogen-bond acceptors (Lipinski definition) is 4. The van der Waals surface area contributed by atoms with Crippen LogP contribution in [-0.4, -0.2) is 41.6 Å². The molecule has 0 aromatic heterocycles. The normalized spacial score (nSPS) is 14.2. The van der Waals surface area contributed by atoms with Gasteiger partial charge in [0.05, 0.1) is 6.73 Å². The lowest BCUT2D eigenvalue weighted by molar-refractivity contribution is 0.0608. The summed E-state index contributed by atoms with van der Waals surface area (Å²) >= 11 is 0. The first-order chi connectivity index (χ1) is 9.74. The highest BCUT2D eigenvalue weighted by atomic mass is 16.3. The van der Waals surface area contributed by atoms with Gasteiger partial charge >= 0.3 is 0 Å². The van der Waals surface area contributed by atoms with Crippen molar-refractivity contribution < 1.29 is 14.7 Å². The Labute approximate surface area is 115 Å². The summed E-state index contributed by atoms with van der Waals surface area (Å²) in [6, 6.07) is 10.9. The van der Waals surface area contributed by atoms with Gasteiger partial charge in [-0.15, -0.1) is 0 Å². The van der Waals surface area contributed by atoms with Crippen LogP contribution in [-0.2, 0) is 0 Å². The number of carbonyl (C=O) groups is 2. The van der Waals surface area contributed by atoms with Crippen molar-refractivity contribution in [1.29, 1.82) is 0 Å². The summed E-state index contributed by atoms with van der Waals surface area (Å²) in [6.45, 7) is 0.428. The maximum absolute atomic E-state index is 12.4. The second-order valence-electron chi connectivity index (χ2n) is 4.63. The summed E-state index contributed by atoms with van der Waals surface area (Å²) in [5, 5.41) is 13.0. The monoisotopic (exact) mass is 270 g/mol. The van der Waals surface area contributed by atoms with E-state index in [0.717, 1.165) is 10.8 Å². The fourth-order valence-electron chi connectivity index (χ4n) is 2.55. The summed E-state index contributed by atoms with van der Waals surface area (Å²) in [6.07, 6.45) is 0. The van der Waals surface area contributed by atoms with E-state index in [-0.39, 0.29) is 25.1 Å². The zero-order valence-electron chi connectivity index (χ0n) is 10.8. The number of benzene rings is 2. The molecular weight excluding hydrogens is 256 g/mol. The molecule has 0 aliphatic carbocycles. The van der Waals surface area contributed by atoms with E-state index in [2.05, 4.69) is 5.32 Å². The zero-order valence-corrected chi connectivity index (χ0v) is 10.8. The lowest BCUT2D eigenvalue weighted by Gasteiger charge is -2.27. The SMILES string of the molecule is O=C1c2cccc3cccc(c23)C(=O)N1CCNCO. The van der Waals surface area contributed by atoms with E-state index in [9.17, 15) is 9.59 Å². The van der Waals surface area contributed by atoms with Crippen molar-refractivity contribution in [3.05, 3.63) is 47.5 Å². The summed E-state index contributed by atoms with van der Waals surface area (Å²) < 4.78 is 0. The number of nitrogens with one attached hydrogen (secondary N) is 1. The zero-order chi connectivity index (χ0) is 14.1. The summed E-state index contributed by atoms with van der Waals surface area (Å²) in [4.78, 5) is 26.1. The maximum Gasteiger partial charge on any atom is 0.261 e. The van der Waals surface area contributed by atoms with Crippen molar-refractivity contribution in [3.8, 4) is 0 Å². The highest BCUT2D eigenvalue weighted by molar-refractivity contribution is 6.25. The first-order valence-corrected chi connectivity index (χ1v) is 6.43. The van der Waals surface area contributed by atoms with Crippen LogP contribution in [0.15, 0.2) is 36.4 Å². The Kier molecular flexibility index (Phi) is 3.22. The molecule has 1 aliphatic rings. The predicted molar refractivity (Wildman–Crippen MR) is 74.4 cm³/mol. The molecule has 1 heterocycles. The van der Waals surface area contributed by atoms with Crippen molar-refractivity contribution in [2.24, 2.45) is 0 Å². The molecule has 0 spiro atoms. The van der Waals surface area contributed by atoms with E-state index in [4.69, 9.17) is 5.11 Å². The molecule has 0 atom stereocenters. The Morgan fingerprint density at radius 1 is 1.00 bits per heavy atom. The highest BCUT2D eigenvalue weighted by Crippen LogP contribution is 2.29. The molecule has 3 rings (SSSR count). The molecule has 0 unspecified atom stereocenters. The van der Waals surface area contributed by atoms with Crippen LogP contribution in [0.5, 0.6) is 0 Å². The molecule has 1 aliphatic heterocycles. The van der Waals surface area contributed by atoms with Crippen molar-refractivity contribution in [1.82, 2.24) is 10.2 Å². The molecule has 0 saturated carbocycles. The molecule has 2 aromatic rings. The third-order valence-corrected chi connectivity index (χ3v) is 3.48. The number of hydrogen-bond donors (Lipinski definition) is 2. The quantitative estimate of drug-likeness (QED) is 0.493. The minimum atomic E-state index is -0.279. The van der Waals surface area contributed by atoms with Crippen LogP contribution in [0, 0.1) is 0 Å². The fourth-order valence-corrected chi connectivity index (χ4v) is 2.55. The lowest BCUT2D eigenvalue weighted by Crippen LogP contribution is -2.43. The standard InChI is InChI=1S/C15H14N2O3/c18-9-16-7-8-17-14(19)11-5-1-3-10-4-2-6-12(13(10)11)15(17)20/h1-6,16,18H,7-9H2. The number of aliphatic hydroxyl groups is 1. The van der Waals surface area contributed by atoms with Gasteiger partial charge in [-0.05, 0) is 17.5 Å². The Bertz CT molecular complexity index is 646. The highest BCUT2D eigenvalue weighted by Gasteiger charge is 2.31. The average Bonchev–Trinajstić information content (AvgIpc) is 2.48. The minimum absolute atomic E-state index is 0.178. The molecule has 0 radical (unpaired) electrons. The van der Waals surface area contributed by atoms with Crippen LogP contribution in [0.1, 0.15) is 20.7 Å². The number of rotatable bonds is 4. The van der Waals surface area contributed by atoms with E-state index in [1.807, 2.05) is 24.3 Å². The van der Waals surface area contributed by atoms with Gasteiger partial charge in [0.1, 0.15) is 0 Å². The molecule has 2 N–H and O–H groups in total. The number of carbonyl (C=O) groups excluding carboxylic acids is 2. The Morgan fingerprint density at radius 3 is 2.15 bits per heavy atom. The molecule has 0 saturated heterocycles. The van der Waals surface area contributed by atoms with E-state index in [0.29, 0.717) is 17.7 Å². The molecule has 20 heavy (non-hydrogen) atoms. The first kappa shape index (κ1) is 12.8. The van der Waals surface area contributed by atoms with Crippen LogP contribution in [0.4, 0.5) is 0 Å². The van der Waals surface area contributed by atoms with Crippen molar-refractivity contribution in [2.75, 3.05) is 19.8 Å². The van der Waals surface area contributed by atoms with Crippen LogP contribution in [0.25, 0.3) is 10.8 Å². The molecule has 102 valence electrons. The van der Waals surface area contributed by atoms with Gasteiger partial charge in [0, 0.05) is 29.6 Å². The van der Waals surface area contributed by atoms with Crippen LogP contribution in [0.2, 0.25) is 0 Å². The number of aliphatic hydroxyl groups excluding tert-OH is 1. The Hall–Kier alpha value is -2.24. The van der Waals surface area contributed by atoms with E-state index >= 15 is 0 Å². The van der Waals surface area contributed by atoms with E-state index < -0.39 is 0 Å². The topological polar surface area (TPSA) is 69.6 Å². The smallest absolute Gasteiger partial charge is 0.261 e. The largest absolute Gasteiger partial charge is 0.381 e. The number of amides is 2. The third-order valence-electron chi connectivity index (χ3n) is 3.48. The van der Waals surface area contributed by atoms with Crippen molar-refractivity contribution >= 4 is 22.6 Å². The van der Waals surface area contributed by atoms with Gasteiger partial charge < -0.3 is 5.11 Å². The summed E-state index contributed by atoms with van der Waals surface area (Å²) in [5.41, 5.74) is 1.11. The number of imide groups is 1. The molecule has 5 heteroatoms. The summed E-state index contributed by atoms with van der Waals surface area (Å²) in [5.74, 6) is -0.557. The first-order valence-electron chi connectivity index (χ1n) is 6.43. The Balaban J connectivity index is 2.07. The van der Waals surface area contributed by atoms with Gasteiger partial charge in [-0.25, -0.2) is 0 Å². The van der Waals surface area contributed by atoms with Gasteiger partial charge in [0.2, 0.25) is 0 Å². The van der Waals surface area contributed by atoms with E-state index in [1.165, 1.54) is 4.90 Å². The maximum atomic E-state index is 12.4. The van der Waals surface area contributed by atoms with Gasteiger partial charge in [-0.1, -0.05) is 24.3 Å². The second kappa shape index (κ2) is 5.03. The fraction of sp³-hybridized carbons (Fsp3) is 0.200. The molecule has 2 aromatic carbocycles. The van der Waals surface area contributed by atoms with Crippen molar-refractivity contribution in [2.45, 2.75) is 0 Å². The average molecular weight is 270 g/mol. The van der Waals surface area contributed by atoms with Crippen molar-refractivity contribution in [3.63, 3.8) is 0 Å². The van der Waals surface area contributed by atoms with Gasteiger partial charge in [-0.3, -0.25) is 19.8 Å².